The smallest absolute Gasteiger partial charge is 0.158 e. The van der Waals surface area contributed by atoms with E-state index in [1.165, 1.54) is 0 Å². The molecule has 2 rings (SSSR count). The van der Waals surface area contributed by atoms with Crippen LogP contribution in [0.25, 0.3) is 0 Å². The van der Waals surface area contributed by atoms with Crippen molar-refractivity contribution in [2.45, 2.75) is 51.5 Å². The molecule has 106 valence electrons. The monoisotopic (exact) mass is 283 g/mol. The minimum Gasteiger partial charge on any atom is -0.305 e. The number of nitrogens with one attached hydrogen (secondary N) is 1. The van der Waals surface area contributed by atoms with Crippen molar-refractivity contribution in [3.8, 4) is 0 Å². The van der Waals surface area contributed by atoms with Crippen LogP contribution in [-0.4, -0.2) is 27.6 Å². The van der Waals surface area contributed by atoms with Crippen LogP contribution in [0.3, 0.4) is 0 Å². The number of ketones is 1. The van der Waals surface area contributed by atoms with E-state index in [0.717, 1.165) is 43.6 Å². The molecule has 0 amide bonds. The number of carbonyl (C=O) groups excluding carboxylic acids is 1. The second-order valence-corrected chi connectivity index (χ2v) is 5.81. The molecule has 0 spiro atoms. The maximum absolute atomic E-state index is 12.7. The summed E-state index contributed by atoms with van der Waals surface area (Å²) in [5.74, 6) is 0.247. The normalized spacial score (nSPS) is 22.9. The van der Waals surface area contributed by atoms with Gasteiger partial charge < -0.3 is 5.32 Å². The third-order valence-corrected chi connectivity index (χ3v) is 4.54. The molecule has 1 aromatic rings. The van der Waals surface area contributed by atoms with Crippen LogP contribution in [0.15, 0.2) is 0 Å². The van der Waals surface area contributed by atoms with Gasteiger partial charge in [0.15, 0.2) is 5.78 Å². The zero-order valence-corrected chi connectivity index (χ0v) is 12.7. The number of Topliss-reactive ketones (excluding diaryl/α,β-unsaturated/α-hetero) is 1. The van der Waals surface area contributed by atoms with E-state index in [0.29, 0.717) is 11.4 Å². The summed E-state index contributed by atoms with van der Waals surface area (Å²) in [6.07, 6.45) is 4.29. The lowest BCUT2D eigenvalue weighted by Crippen LogP contribution is -2.48. The van der Waals surface area contributed by atoms with E-state index in [-0.39, 0.29) is 11.3 Å². The Morgan fingerprint density at radius 3 is 2.79 bits per heavy atom. The molecule has 0 bridgehead atoms. The fourth-order valence-electron chi connectivity index (χ4n) is 3.02. The van der Waals surface area contributed by atoms with Crippen LogP contribution >= 0.6 is 11.6 Å². The topological polar surface area (TPSA) is 46.9 Å². The molecule has 1 aromatic heterocycles. The van der Waals surface area contributed by atoms with Gasteiger partial charge in [-0.3, -0.25) is 9.48 Å². The Labute approximate surface area is 119 Å². The molecule has 1 unspecified atom stereocenters. The predicted molar refractivity (Wildman–Crippen MR) is 76.5 cm³/mol. The van der Waals surface area contributed by atoms with Gasteiger partial charge in [-0.25, -0.2) is 0 Å². The van der Waals surface area contributed by atoms with E-state index in [4.69, 9.17) is 11.6 Å². The van der Waals surface area contributed by atoms with Crippen LogP contribution < -0.4 is 5.32 Å². The summed E-state index contributed by atoms with van der Waals surface area (Å²) in [7, 11) is 1.84. The van der Waals surface area contributed by atoms with Crippen LogP contribution in [-0.2, 0) is 18.3 Å². The van der Waals surface area contributed by atoms with Crippen LogP contribution in [0.1, 0.15) is 44.0 Å². The number of nitrogens with zero attached hydrogens (tertiary/aromatic N) is 2. The van der Waals surface area contributed by atoms with E-state index in [1.807, 2.05) is 14.0 Å². The molecule has 0 aromatic carbocycles. The number of aryl methyl sites for hydroxylation is 2. The van der Waals surface area contributed by atoms with Gasteiger partial charge in [-0.2, -0.15) is 5.10 Å². The predicted octanol–water partition coefficient (Wildman–Crippen LogP) is 2.42. The fraction of sp³-hybridized carbons (Fsp3) is 0.714. The van der Waals surface area contributed by atoms with Gasteiger partial charge in [-0.15, -0.1) is 0 Å². The second-order valence-electron chi connectivity index (χ2n) is 5.43. The van der Waals surface area contributed by atoms with Crippen LogP contribution in [0, 0.1) is 6.92 Å². The third kappa shape index (κ3) is 2.70. The number of aromatic nitrogens is 2. The van der Waals surface area contributed by atoms with Gasteiger partial charge >= 0.3 is 0 Å². The molecule has 2 heterocycles. The van der Waals surface area contributed by atoms with Gasteiger partial charge in [0.05, 0.1) is 28.4 Å². The Hall–Kier alpha value is -0.870. The molecule has 0 saturated carbocycles. The molecule has 4 nitrogen and oxygen atoms in total. The lowest BCUT2D eigenvalue weighted by atomic mass is 9.85. The first-order valence-corrected chi connectivity index (χ1v) is 7.34. The summed E-state index contributed by atoms with van der Waals surface area (Å²) in [5.41, 5.74) is 1.28. The largest absolute Gasteiger partial charge is 0.305 e. The van der Waals surface area contributed by atoms with Gasteiger partial charge in [-0.1, -0.05) is 24.9 Å². The lowest BCUT2D eigenvalue weighted by molar-refractivity contribution is -0.124. The number of hydrogen-bond acceptors (Lipinski definition) is 3. The molecule has 0 aliphatic carbocycles. The molecule has 1 atom stereocenters. The minimum atomic E-state index is -0.337. The minimum absolute atomic E-state index is 0.247. The van der Waals surface area contributed by atoms with Gasteiger partial charge in [0.25, 0.3) is 0 Å². The van der Waals surface area contributed by atoms with Crippen LogP contribution in [0.2, 0.25) is 5.02 Å². The molecule has 1 aliphatic rings. The standard InChI is InChI=1S/C14H22ClN3O/c1-4-6-14(7-5-8-16-14)12(19)9-11-13(15)10(2)17-18(11)3/h16H,4-9H2,1-3H3. The quantitative estimate of drug-likeness (QED) is 0.903. The van der Waals surface area contributed by atoms with Crippen molar-refractivity contribution in [2.24, 2.45) is 7.05 Å². The first kappa shape index (κ1) is 14.5. The maximum atomic E-state index is 12.7. The van der Waals surface area contributed by atoms with E-state index in [1.54, 1.807) is 4.68 Å². The molecular weight excluding hydrogens is 262 g/mol. The Kier molecular flexibility index (Phi) is 4.31. The van der Waals surface area contributed by atoms with Crippen LogP contribution in [0.4, 0.5) is 0 Å². The Balaban J connectivity index is 2.20. The highest BCUT2D eigenvalue weighted by molar-refractivity contribution is 6.32. The van der Waals surface area contributed by atoms with Gasteiger partial charge in [0, 0.05) is 7.05 Å². The summed E-state index contributed by atoms with van der Waals surface area (Å²) in [6.45, 7) is 4.92. The summed E-state index contributed by atoms with van der Waals surface area (Å²) in [6, 6.07) is 0. The molecule has 1 fully saturated rings. The van der Waals surface area contributed by atoms with Crippen LogP contribution in [0.5, 0.6) is 0 Å². The van der Waals surface area contributed by atoms with Crippen molar-refractivity contribution in [1.82, 2.24) is 15.1 Å². The van der Waals surface area contributed by atoms with E-state index in [9.17, 15) is 4.79 Å². The van der Waals surface area contributed by atoms with Crippen molar-refractivity contribution in [1.29, 1.82) is 0 Å². The zero-order valence-electron chi connectivity index (χ0n) is 11.9. The Morgan fingerprint density at radius 2 is 2.32 bits per heavy atom. The fourth-order valence-corrected chi connectivity index (χ4v) is 3.24. The summed E-state index contributed by atoms with van der Waals surface area (Å²) >= 11 is 6.23. The van der Waals surface area contributed by atoms with Crippen molar-refractivity contribution in [3.05, 3.63) is 16.4 Å². The van der Waals surface area contributed by atoms with Crippen molar-refractivity contribution >= 4 is 17.4 Å². The van der Waals surface area contributed by atoms with Crippen molar-refractivity contribution in [2.75, 3.05) is 6.54 Å². The highest BCUT2D eigenvalue weighted by Gasteiger charge is 2.39. The first-order valence-electron chi connectivity index (χ1n) is 6.96. The first-order chi connectivity index (χ1) is 9.00. The van der Waals surface area contributed by atoms with Gasteiger partial charge in [-0.05, 0) is 32.7 Å². The third-order valence-electron chi connectivity index (χ3n) is 4.04. The average Bonchev–Trinajstić information content (AvgIpc) is 2.92. The molecular formula is C14H22ClN3O. The summed E-state index contributed by atoms with van der Waals surface area (Å²) < 4.78 is 1.73. The van der Waals surface area contributed by atoms with Gasteiger partial charge in [0.1, 0.15) is 0 Å². The molecule has 1 saturated heterocycles. The summed E-state index contributed by atoms with van der Waals surface area (Å²) in [4.78, 5) is 12.7. The van der Waals surface area contributed by atoms with Crippen molar-refractivity contribution < 1.29 is 4.79 Å². The molecule has 19 heavy (non-hydrogen) atoms. The highest BCUT2D eigenvalue weighted by atomic mass is 35.5. The second kappa shape index (κ2) is 5.63. The SMILES string of the molecule is CCCC1(C(=O)Cc2c(Cl)c(C)nn2C)CCCN1. The summed E-state index contributed by atoms with van der Waals surface area (Å²) in [5, 5.41) is 8.31. The maximum Gasteiger partial charge on any atom is 0.158 e. The van der Waals surface area contributed by atoms with E-state index < -0.39 is 0 Å². The van der Waals surface area contributed by atoms with E-state index in [2.05, 4.69) is 17.3 Å². The van der Waals surface area contributed by atoms with Crippen molar-refractivity contribution in [3.63, 3.8) is 0 Å². The number of rotatable bonds is 5. The molecule has 0 radical (unpaired) electrons. The van der Waals surface area contributed by atoms with Gasteiger partial charge in [0.2, 0.25) is 0 Å². The highest BCUT2D eigenvalue weighted by Crippen LogP contribution is 2.29. The lowest BCUT2D eigenvalue weighted by Gasteiger charge is -2.27. The Morgan fingerprint density at radius 1 is 1.58 bits per heavy atom. The number of halogens is 1. The Bertz CT molecular complexity index is 475. The van der Waals surface area contributed by atoms with E-state index >= 15 is 0 Å². The number of hydrogen-bond donors (Lipinski definition) is 1. The molecule has 1 N–H and O–H groups in total. The average molecular weight is 284 g/mol. The molecule has 1 aliphatic heterocycles. The zero-order chi connectivity index (χ0) is 14.0. The molecule has 5 heteroatoms. The number of carbonyl (C=O) groups is 1.